The van der Waals surface area contributed by atoms with Crippen molar-refractivity contribution in [2.24, 2.45) is 0 Å². The molecule has 0 spiro atoms. The van der Waals surface area contributed by atoms with Gasteiger partial charge in [-0.25, -0.2) is 0 Å². The first-order valence-corrected chi connectivity index (χ1v) is 9.79. The SMILES string of the molecule is O=C(CC(=O)N1CCCCC1)c1ccccc1SCc1ccccc1. The van der Waals surface area contributed by atoms with E-state index in [1.54, 1.807) is 11.8 Å². The van der Waals surface area contributed by atoms with Gasteiger partial charge in [-0.3, -0.25) is 9.59 Å². The Hall–Kier alpha value is -2.07. The molecule has 0 aliphatic carbocycles. The second-order valence-corrected chi connectivity index (χ2v) is 7.33. The number of Topliss-reactive ketones (excluding diaryl/α,β-unsaturated/α-hetero) is 1. The Morgan fingerprint density at radius 1 is 0.880 bits per heavy atom. The van der Waals surface area contributed by atoms with Gasteiger partial charge in [0.15, 0.2) is 5.78 Å². The third kappa shape index (κ3) is 4.95. The molecule has 0 aromatic heterocycles. The minimum atomic E-state index is -0.0771. The van der Waals surface area contributed by atoms with Crippen LogP contribution in [0, 0.1) is 0 Å². The molecule has 0 bridgehead atoms. The van der Waals surface area contributed by atoms with E-state index in [0.29, 0.717) is 5.56 Å². The zero-order valence-electron chi connectivity index (χ0n) is 14.3. The average Bonchev–Trinajstić information content (AvgIpc) is 2.68. The lowest BCUT2D eigenvalue weighted by Gasteiger charge is -2.26. The van der Waals surface area contributed by atoms with Gasteiger partial charge in [0, 0.05) is 29.3 Å². The van der Waals surface area contributed by atoms with E-state index in [1.165, 1.54) is 12.0 Å². The van der Waals surface area contributed by atoms with Crippen LogP contribution < -0.4 is 0 Å². The Bertz CT molecular complexity index is 724. The Labute approximate surface area is 153 Å². The van der Waals surface area contributed by atoms with E-state index in [4.69, 9.17) is 0 Å². The number of ketones is 1. The molecule has 4 heteroatoms. The standard InChI is InChI=1S/C21H23NO2S/c23-19(15-21(24)22-13-7-2-8-14-22)18-11-5-6-12-20(18)25-16-17-9-3-1-4-10-17/h1,3-6,9-12H,2,7-8,13-16H2. The number of rotatable bonds is 6. The van der Waals surface area contributed by atoms with Gasteiger partial charge in [-0.15, -0.1) is 11.8 Å². The summed E-state index contributed by atoms with van der Waals surface area (Å²) in [5.74, 6) is 0.699. The fourth-order valence-corrected chi connectivity index (χ4v) is 4.07. The van der Waals surface area contributed by atoms with Gasteiger partial charge in [0.1, 0.15) is 0 Å². The second-order valence-electron chi connectivity index (χ2n) is 6.31. The van der Waals surface area contributed by atoms with E-state index in [2.05, 4.69) is 12.1 Å². The lowest BCUT2D eigenvalue weighted by atomic mass is 10.1. The van der Waals surface area contributed by atoms with Crippen molar-refractivity contribution in [3.8, 4) is 0 Å². The molecule has 0 unspecified atom stereocenters. The van der Waals surface area contributed by atoms with Crippen LogP contribution in [0.5, 0.6) is 0 Å². The van der Waals surface area contributed by atoms with Crippen molar-refractivity contribution < 1.29 is 9.59 Å². The summed E-state index contributed by atoms with van der Waals surface area (Å²) in [6.45, 7) is 1.58. The number of likely N-dealkylation sites (tertiary alicyclic amines) is 1. The minimum Gasteiger partial charge on any atom is -0.342 e. The van der Waals surface area contributed by atoms with E-state index in [1.807, 2.05) is 47.4 Å². The molecule has 130 valence electrons. The minimum absolute atomic E-state index is 0.0249. The summed E-state index contributed by atoms with van der Waals surface area (Å²) >= 11 is 1.65. The molecule has 1 saturated heterocycles. The van der Waals surface area contributed by atoms with Crippen molar-refractivity contribution >= 4 is 23.5 Å². The summed E-state index contributed by atoms with van der Waals surface area (Å²) in [4.78, 5) is 27.8. The van der Waals surface area contributed by atoms with Gasteiger partial charge in [-0.1, -0.05) is 48.5 Å². The molecular formula is C21H23NO2S. The molecule has 0 N–H and O–H groups in total. The molecule has 2 aromatic rings. The smallest absolute Gasteiger partial charge is 0.230 e. The van der Waals surface area contributed by atoms with Gasteiger partial charge in [0.25, 0.3) is 0 Å². The summed E-state index contributed by atoms with van der Waals surface area (Å²) in [5.41, 5.74) is 1.88. The predicted molar refractivity (Wildman–Crippen MR) is 102 cm³/mol. The lowest BCUT2D eigenvalue weighted by Crippen LogP contribution is -2.36. The number of hydrogen-bond donors (Lipinski definition) is 0. The highest BCUT2D eigenvalue weighted by atomic mass is 32.2. The molecule has 3 rings (SSSR count). The number of thioether (sulfide) groups is 1. The van der Waals surface area contributed by atoms with Crippen LogP contribution in [0.3, 0.4) is 0 Å². The zero-order valence-corrected chi connectivity index (χ0v) is 15.1. The normalized spacial score (nSPS) is 14.3. The molecule has 1 amide bonds. The number of amides is 1. The Morgan fingerprint density at radius 3 is 2.32 bits per heavy atom. The Kier molecular flexibility index (Phi) is 6.29. The molecule has 3 nitrogen and oxygen atoms in total. The molecule has 1 heterocycles. The van der Waals surface area contributed by atoms with Gasteiger partial charge < -0.3 is 4.90 Å². The Balaban J connectivity index is 1.64. The van der Waals surface area contributed by atoms with Crippen LogP contribution in [0.2, 0.25) is 0 Å². The van der Waals surface area contributed by atoms with E-state index in [-0.39, 0.29) is 18.1 Å². The highest BCUT2D eigenvalue weighted by Crippen LogP contribution is 2.27. The van der Waals surface area contributed by atoms with Crippen molar-refractivity contribution in [3.63, 3.8) is 0 Å². The molecular weight excluding hydrogens is 330 g/mol. The van der Waals surface area contributed by atoms with Crippen LogP contribution in [0.25, 0.3) is 0 Å². The van der Waals surface area contributed by atoms with Crippen molar-refractivity contribution in [2.45, 2.75) is 36.3 Å². The third-order valence-corrected chi connectivity index (χ3v) is 5.59. The summed E-state index contributed by atoms with van der Waals surface area (Å²) in [6.07, 6.45) is 3.24. The van der Waals surface area contributed by atoms with Gasteiger partial charge in [0.05, 0.1) is 6.42 Å². The second kappa shape index (κ2) is 8.86. The lowest BCUT2D eigenvalue weighted by molar-refractivity contribution is -0.131. The number of benzene rings is 2. The van der Waals surface area contributed by atoms with E-state index in [9.17, 15) is 9.59 Å². The summed E-state index contributed by atoms with van der Waals surface area (Å²) in [7, 11) is 0. The van der Waals surface area contributed by atoms with Crippen molar-refractivity contribution in [3.05, 3.63) is 65.7 Å². The number of carbonyl (C=O) groups is 2. The third-order valence-electron chi connectivity index (χ3n) is 4.45. The number of nitrogens with zero attached hydrogens (tertiary/aromatic N) is 1. The molecule has 0 saturated carbocycles. The van der Waals surface area contributed by atoms with Crippen LogP contribution in [0.15, 0.2) is 59.5 Å². The van der Waals surface area contributed by atoms with Gasteiger partial charge in [-0.05, 0) is 30.9 Å². The van der Waals surface area contributed by atoms with Gasteiger partial charge in [-0.2, -0.15) is 0 Å². The maximum absolute atomic E-state index is 12.7. The van der Waals surface area contributed by atoms with Crippen LogP contribution in [-0.4, -0.2) is 29.7 Å². The fourth-order valence-electron chi connectivity index (χ4n) is 3.05. The maximum Gasteiger partial charge on any atom is 0.230 e. The molecule has 0 radical (unpaired) electrons. The van der Waals surface area contributed by atoms with Crippen molar-refractivity contribution in [1.29, 1.82) is 0 Å². The highest BCUT2D eigenvalue weighted by Gasteiger charge is 2.21. The molecule has 1 aliphatic rings. The molecule has 0 atom stereocenters. The van der Waals surface area contributed by atoms with Crippen LogP contribution in [-0.2, 0) is 10.5 Å². The largest absolute Gasteiger partial charge is 0.342 e. The topological polar surface area (TPSA) is 37.4 Å². The summed E-state index contributed by atoms with van der Waals surface area (Å²) in [5, 5.41) is 0. The average molecular weight is 353 g/mol. The predicted octanol–water partition coefficient (Wildman–Crippen LogP) is 4.56. The van der Waals surface area contributed by atoms with Crippen LogP contribution in [0.4, 0.5) is 0 Å². The number of hydrogen-bond acceptors (Lipinski definition) is 3. The molecule has 25 heavy (non-hydrogen) atoms. The first-order valence-electron chi connectivity index (χ1n) is 8.81. The number of carbonyl (C=O) groups excluding carboxylic acids is 2. The fraction of sp³-hybridized carbons (Fsp3) is 0.333. The quantitative estimate of drug-likeness (QED) is 0.434. The summed E-state index contributed by atoms with van der Waals surface area (Å²) < 4.78 is 0. The van der Waals surface area contributed by atoms with Crippen LogP contribution in [0.1, 0.15) is 41.6 Å². The van der Waals surface area contributed by atoms with Crippen molar-refractivity contribution in [2.75, 3.05) is 13.1 Å². The molecule has 1 fully saturated rings. The first kappa shape index (κ1) is 17.7. The summed E-state index contributed by atoms with van der Waals surface area (Å²) in [6, 6.07) is 17.8. The molecule has 2 aromatic carbocycles. The zero-order chi connectivity index (χ0) is 17.5. The monoisotopic (exact) mass is 353 g/mol. The van der Waals surface area contributed by atoms with Gasteiger partial charge >= 0.3 is 0 Å². The van der Waals surface area contributed by atoms with E-state index < -0.39 is 0 Å². The van der Waals surface area contributed by atoms with Crippen molar-refractivity contribution in [1.82, 2.24) is 4.90 Å². The Morgan fingerprint density at radius 2 is 1.56 bits per heavy atom. The van der Waals surface area contributed by atoms with Crippen LogP contribution >= 0.6 is 11.8 Å². The first-order chi connectivity index (χ1) is 12.2. The highest BCUT2D eigenvalue weighted by molar-refractivity contribution is 7.98. The molecule has 1 aliphatic heterocycles. The van der Waals surface area contributed by atoms with Gasteiger partial charge in [0.2, 0.25) is 5.91 Å². The number of piperidine rings is 1. The van der Waals surface area contributed by atoms with E-state index in [0.717, 1.165) is 36.6 Å². The maximum atomic E-state index is 12.7. The van der Waals surface area contributed by atoms with E-state index >= 15 is 0 Å².